The lowest BCUT2D eigenvalue weighted by atomic mass is 9.98. The lowest BCUT2D eigenvalue weighted by Gasteiger charge is -2.23. The first-order valence-corrected chi connectivity index (χ1v) is 8.83. The smallest absolute Gasteiger partial charge is 0.0721 e. The van der Waals surface area contributed by atoms with Crippen molar-refractivity contribution in [2.75, 3.05) is 6.61 Å². The van der Waals surface area contributed by atoms with E-state index in [-0.39, 0.29) is 6.10 Å². The monoisotopic (exact) mass is 322 g/mol. The summed E-state index contributed by atoms with van der Waals surface area (Å²) in [5, 5.41) is 0. The molecular weight excluding hydrogens is 296 g/mol. The van der Waals surface area contributed by atoms with Crippen molar-refractivity contribution >= 4 is 0 Å². The van der Waals surface area contributed by atoms with E-state index in [1.165, 1.54) is 16.7 Å². The summed E-state index contributed by atoms with van der Waals surface area (Å²) >= 11 is 0. The third kappa shape index (κ3) is 4.56. The maximum Gasteiger partial charge on any atom is 0.0721 e. The molecule has 0 spiro atoms. The second-order valence-corrected chi connectivity index (χ2v) is 6.31. The summed E-state index contributed by atoms with van der Waals surface area (Å²) in [6.07, 6.45) is 4.64. The molecule has 1 unspecified atom stereocenters. The van der Waals surface area contributed by atoms with Crippen LogP contribution in [0.2, 0.25) is 0 Å². The molecule has 0 fully saturated rings. The first-order valence-electron chi connectivity index (χ1n) is 8.83. The Kier molecular flexibility index (Phi) is 6.22. The van der Waals surface area contributed by atoms with Crippen LogP contribution in [0.3, 0.4) is 0 Å². The van der Waals surface area contributed by atoms with Crippen LogP contribution in [0.5, 0.6) is 0 Å². The van der Waals surface area contributed by atoms with Crippen molar-refractivity contribution in [3.05, 3.63) is 83.4 Å². The van der Waals surface area contributed by atoms with E-state index in [0.717, 1.165) is 19.4 Å². The Morgan fingerprint density at radius 2 is 1.50 bits per heavy atom. The maximum atomic E-state index is 6.20. The fraction of sp³-hybridized carbons (Fsp3) is 0.364. The number of hydrogen-bond acceptors (Lipinski definition) is 2. The molecule has 2 aromatic carbocycles. The van der Waals surface area contributed by atoms with Gasteiger partial charge in [-0.05, 0) is 24.0 Å². The first-order chi connectivity index (χ1) is 11.9. The molecule has 24 heavy (non-hydrogen) atoms. The minimum Gasteiger partial charge on any atom is -0.376 e. The van der Waals surface area contributed by atoms with Crippen LogP contribution in [0.15, 0.2) is 72.3 Å². The average Bonchev–Trinajstić information content (AvgIpc) is 3.04. The normalized spacial score (nSPS) is 20.1. The van der Waals surface area contributed by atoms with Crippen molar-refractivity contribution in [1.29, 1.82) is 0 Å². The Morgan fingerprint density at radius 3 is 2.12 bits per heavy atom. The molecule has 1 aliphatic carbocycles. The van der Waals surface area contributed by atoms with E-state index in [1.54, 1.807) is 0 Å². The van der Waals surface area contributed by atoms with Gasteiger partial charge in [-0.1, -0.05) is 79.2 Å². The molecule has 126 valence electrons. The molecule has 0 radical (unpaired) electrons. The quantitative estimate of drug-likeness (QED) is 0.626. The Balaban J connectivity index is 1.52. The third-order valence-corrected chi connectivity index (χ3v) is 4.66. The molecule has 0 saturated carbocycles. The van der Waals surface area contributed by atoms with E-state index >= 15 is 0 Å². The summed E-state index contributed by atoms with van der Waals surface area (Å²) in [4.78, 5) is 0. The van der Waals surface area contributed by atoms with Gasteiger partial charge < -0.3 is 9.47 Å². The molecule has 0 aliphatic heterocycles. The lowest BCUT2D eigenvalue weighted by Crippen LogP contribution is -2.25. The molecule has 2 nitrogen and oxygen atoms in total. The van der Waals surface area contributed by atoms with Gasteiger partial charge in [0.15, 0.2) is 0 Å². The van der Waals surface area contributed by atoms with Crippen molar-refractivity contribution in [1.82, 2.24) is 0 Å². The zero-order valence-corrected chi connectivity index (χ0v) is 14.4. The lowest BCUT2D eigenvalue weighted by molar-refractivity contribution is -0.0140. The largest absolute Gasteiger partial charge is 0.376 e. The van der Waals surface area contributed by atoms with Gasteiger partial charge in [-0.15, -0.1) is 0 Å². The third-order valence-electron chi connectivity index (χ3n) is 4.66. The predicted molar refractivity (Wildman–Crippen MR) is 97.6 cm³/mol. The minimum atomic E-state index is 0.232. The fourth-order valence-corrected chi connectivity index (χ4v) is 3.28. The standard InChI is InChI=1S/C22H26O2/c1-2-20-13-14-22(24-16-19-11-7-4-8-12-19)21(20)17-23-15-18-9-5-3-6-10-18/h3-13,21-22H,2,14-17H2,1H3/t21-,22?/m0/s1. The molecule has 2 heteroatoms. The van der Waals surface area contributed by atoms with Crippen LogP contribution in [0, 0.1) is 5.92 Å². The van der Waals surface area contributed by atoms with Gasteiger partial charge in [0, 0.05) is 5.92 Å². The van der Waals surface area contributed by atoms with Gasteiger partial charge in [0.1, 0.15) is 0 Å². The molecule has 0 saturated heterocycles. The van der Waals surface area contributed by atoms with Crippen LogP contribution in [0.4, 0.5) is 0 Å². The van der Waals surface area contributed by atoms with Gasteiger partial charge in [-0.3, -0.25) is 0 Å². The molecule has 0 heterocycles. The second-order valence-electron chi connectivity index (χ2n) is 6.31. The Hall–Kier alpha value is -1.90. The van der Waals surface area contributed by atoms with Gasteiger partial charge in [0.25, 0.3) is 0 Å². The van der Waals surface area contributed by atoms with E-state index in [4.69, 9.17) is 9.47 Å². The van der Waals surface area contributed by atoms with Gasteiger partial charge in [-0.2, -0.15) is 0 Å². The van der Waals surface area contributed by atoms with Crippen LogP contribution in [-0.2, 0) is 22.7 Å². The van der Waals surface area contributed by atoms with Crippen LogP contribution in [0.25, 0.3) is 0 Å². The second kappa shape index (κ2) is 8.81. The van der Waals surface area contributed by atoms with E-state index in [9.17, 15) is 0 Å². The molecule has 2 atom stereocenters. The van der Waals surface area contributed by atoms with Crippen molar-refractivity contribution in [3.8, 4) is 0 Å². The van der Waals surface area contributed by atoms with Crippen molar-refractivity contribution < 1.29 is 9.47 Å². The summed E-state index contributed by atoms with van der Waals surface area (Å²) < 4.78 is 12.2. The summed E-state index contributed by atoms with van der Waals surface area (Å²) in [6.45, 7) is 4.29. The highest BCUT2D eigenvalue weighted by atomic mass is 16.5. The molecule has 1 aliphatic rings. The Bertz CT molecular complexity index is 634. The van der Waals surface area contributed by atoms with Crippen LogP contribution < -0.4 is 0 Å². The van der Waals surface area contributed by atoms with E-state index < -0.39 is 0 Å². The van der Waals surface area contributed by atoms with Crippen molar-refractivity contribution in [2.24, 2.45) is 5.92 Å². The Labute approximate surface area is 145 Å². The van der Waals surface area contributed by atoms with Gasteiger partial charge >= 0.3 is 0 Å². The molecule has 0 N–H and O–H groups in total. The molecular formula is C22H26O2. The van der Waals surface area contributed by atoms with Crippen LogP contribution in [0.1, 0.15) is 30.9 Å². The molecule has 0 bridgehead atoms. The summed E-state index contributed by atoms with van der Waals surface area (Å²) in [5.74, 6) is 0.377. The van der Waals surface area contributed by atoms with E-state index in [2.05, 4.69) is 61.5 Å². The van der Waals surface area contributed by atoms with Crippen molar-refractivity contribution in [2.45, 2.75) is 39.1 Å². The van der Waals surface area contributed by atoms with Gasteiger partial charge in [0.05, 0.1) is 25.9 Å². The van der Waals surface area contributed by atoms with Crippen LogP contribution >= 0.6 is 0 Å². The first kappa shape index (κ1) is 16.9. The highest BCUT2D eigenvalue weighted by molar-refractivity contribution is 5.18. The number of benzene rings is 2. The maximum absolute atomic E-state index is 6.20. The van der Waals surface area contributed by atoms with E-state index in [0.29, 0.717) is 19.1 Å². The van der Waals surface area contributed by atoms with Crippen molar-refractivity contribution in [3.63, 3.8) is 0 Å². The number of ether oxygens (including phenoxy) is 2. The molecule has 0 amide bonds. The molecule has 2 aromatic rings. The topological polar surface area (TPSA) is 18.5 Å². The predicted octanol–water partition coefficient (Wildman–Crippen LogP) is 5.14. The minimum absolute atomic E-state index is 0.232. The summed E-state index contributed by atoms with van der Waals surface area (Å²) in [7, 11) is 0. The zero-order chi connectivity index (χ0) is 16.6. The van der Waals surface area contributed by atoms with Crippen LogP contribution in [-0.4, -0.2) is 12.7 Å². The summed E-state index contributed by atoms with van der Waals surface area (Å²) in [6, 6.07) is 20.7. The van der Waals surface area contributed by atoms with E-state index in [1.807, 2.05) is 12.1 Å². The highest BCUT2D eigenvalue weighted by Crippen LogP contribution is 2.32. The zero-order valence-electron chi connectivity index (χ0n) is 14.4. The summed E-state index contributed by atoms with van der Waals surface area (Å²) in [5.41, 5.74) is 3.92. The highest BCUT2D eigenvalue weighted by Gasteiger charge is 2.29. The van der Waals surface area contributed by atoms with Gasteiger partial charge in [-0.25, -0.2) is 0 Å². The SMILES string of the molecule is CCC1=CCC(OCc2ccccc2)[C@H]1COCc1ccccc1. The fourth-order valence-electron chi connectivity index (χ4n) is 3.28. The number of rotatable bonds is 8. The number of hydrogen-bond donors (Lipinski definition) is 0. The molecule has 0 aromatic heterocycles. The molecule has 3 rings (SSSR count). The van der Waals surface area contributed by atoms with Gasteiger partial charge in [0.2, 0.25) is 0 Å². The average molecular weight is 322 g/mol. The Morgan fingerprint density at radius 1 is 0.875 bits per heavy atom.